The maximum absolute atomic E-state index is 12.8. The molecule has 1 aromatic heterocycles. The van der Waals surface area contributed by atoms with Gasteiger partial charge in [0.25, 0.3) is 5.91 Å². The van der Waals surface area contributed by atoms with Crippen LogP contribution in [0, 0.1) is 0 Å². The maximum Gasteiger partial charge on any atom is 0.345 e. The number of hydrogen-bond acceptors (Lipinski definition) is 5. The molecule has 0 saturated carbocycles. The lowest BCUT2D eigenvalue weighted by atomic mass is 10.1. The number of H-pyrrole nitrogens is 1. The van der Waals surface area contributed by atoms with Crippen molar-refractivity contribution in [3.8, 4) is 11.5 Å². The van der Waals surface area contributed by atoms with Crippen LogP contribution in [0.2, 0.25) is 0 Å². The molecule has 3 heterocycles. The van der Waals surface area contributed by atoms with Gasteiger partial charge in [-0.1, -0.05) is 0 Å². The average molecular weight is 313 g/mol. The van der Waals surface area contributed by atoms with E-state index in [2.05, 4.69) is 9.97 Å². The fourth-order valence-corrected chi connectivity index (χ4v) is 3.11. The third-order valence-electron chi connectivity index (χ3n) is 4.19. The zero-order chi connectivity index (χ0) is 15.8. The Morgan fingerprint density at radius 1 is 1.26 bits per heavy atom. The van der Waals surface area contributed by atoms with Gasteiger partial charge in [0.1, 0.15) is 0 Å². The number of hydrogen-bond donors (Lipinski definition) is 1. The van der Waals surface area contributed by atoms with Gasteiger partial charge in [0.05, 0.1) is 6.04 Å². The number of fused-ring (bicyclic) bond motifs is 1. The first-order chi connectivity index (χ1) is 11.2. The lowest BCUT2D eigenvalue weighted by Gasteiger charge is -2.24. The molecule has 0 aliphatic carbocycles. The van der Waals surface area contributed by atoms with Crippen LogP contribution in [0.5, 0.6) is 11.5 Å². The van der Waals surface area contributed by atoms with Gasteiger partial charge in [0.15, 0.2) is 11.5 Å². The molecule has 23 heavy (non-hydrogen) atoms. The SMILES string of the molecule is O=C(c1ccc2c(c1)OCO2)N1CCCC1c1ccnc(=O)[nH]1. The van der Waals surface area contributed by atoms with E-state index in [0.29, 0.717) is 23.6 Å². The lowest BCUT2D eigenvalue weighted by Crippen LogP contribution is -2.31. The second kappa shape index (κ2) is 5.42. The summed E-state index contributed by atoms with van der Waals surface area (Å²) in [5, 5.41) is 0. The highest BCUT2D eigenvalue weighted by atomic mass is 16.7. The molecule has 1 aromatic carbocycles. The predicted octanol–water partition coefficient (Wildman–Crippen LogP) is 1.48. The smallest absolute Gasteiger partial charge is 0.345 e. The highest BCUT2D eigenvalue weighted by Crippen LogP contribution is 2.35. The number of likely N-dealkylation sites (tertiary alicyclic amines) is 1. The summed E-state index contributed by atoms with van der Waals surface area (Å²) in [6.45, 7) is 0.833. The third-order valence-corrected chi connectivity index (χ3v) is 4.19. The Morgan fingerprint density at radius 2 is 2.13 bits per heavy atom. The summed E-state index contributed by atoms with van der Waals surface area (Å²) in [5.74, 6) is 1.16. The van der Waals surface area contributed by atoms with Gasteiger partial charge >= 0.3 is 5.69 Å². The van der Waals surface area contributed by atoms with Crippen molar-refractivity contribution in [3.63, 3.8) is 0 Å². The zero-order valence-electron chi connectivity index (χ0n) is 12.3. The first-order valence-corrected chi connectivity index (χ1v) is 7.48. The fourth-order valence-electron chi connectivity index (χ4n) is 3.11. The number of rotatable bonds is 2. The van der Waals surface area contributed by atoms with Crippen molar-refractivity contribution < 1.29 is 14.3 Å². The van der Waals surface area contributed by atoms with Gasteiger partial charge in [-0.15, -0.1) is 0 Å². The van der Waals surface area contributed by atoms with Gasteiger partial charge in [-0.3, -0.25) is 4.79 Å². The number of ether oxygens (including phenoxy) is 2. The Morgan fingerprint density at radius 3 is 3.00 bits per heavy atom. The van der Waals surface area contributed by atoms with Gasteiger partial charge in [0.2, 0.25) is 6.79 Å². The van der Waals surface area contributed by atoms with Gasteiger partial charge in [-0.2, -0.15) is 0 Å². The number of aromatic amines is 1. The first kappa shape index (κ1) is 13.8. The third kappa shape index (κ3) is 2.44. The van der Waals surface area contributed by atoms with Crippen LogP contribution in [0.3, 0.4) is 0 Å². The van der Waals surface area contributed by atoms with Gasteiger partial charge < -0.3 is 19.4 Å². The zero-order valence-corrected chi connectivity index (χ0v) is 12.3. The normalized spacial score (nSPS) is 19.1. The number of nitrogens with one attached hydrogen (secondary N) is 1. The Labute approximate surface area is 131 Å². The summed E-state index contributed by atoms with van der Waals surface area (Å²) >= 11 is 0. The molecule has 0 radical (unpaired) electrons. The fraction of sp³-hybridized carbons (Fsp3) is 0.312. The number of carbonyl (C=O) groups is 1. The van der Waals surface area contributed by atoms with E-state index in [1.165, 1.54) is 6.20 Å². The number of nitrogens with zero attached hydrogens (tertiary/aromatic N) is 2. The molecule has 0 spiro atoms. The van der Waals surface area contributed by atoms with Crippen molar-refractivity contribution in [2.24, 2.45) is 0 Å². The second-order valence-electron chi connectivity index (χ2n) is 5.55. The Hall–Kier alpha value is -2.83. The Bertz CT molecular complexity index is 817. The molecule has 2 aliphatic heterocycles. The predicted molar refractivity (Wildman–Crippen MR) is 80.4 cm³/mol. The van der Waals surface area contributed by atoms with E-state index < -0.39 is 5.69 Å². The van der Waals surface area contributed by atoms with Crippen LogP contribution < -0.4 is 15.2 Å². The molecule has 2 aliphatic rings. The van der Waals surface area contributed by atoms with Gasteiger partial charge in [-0.05, 0) is 37.1 Å². The van der Waals surface area contributed by atoms with Crippen LogP contribution in [0.15, 0.2) is 35.3 Å². The van der Waals surface area contributed by atoms with E-state index >= 15 is 0 Å². The second-order valence-corrected chi connectivity index (χ2v) is 5.55. The molecule has 4 rings (SSSR count). The highest BCUT2D eigenvalue weighted by molar-refractivity contribution is 5.95. The van der Waals surface area contributed by atoms with Crippen LogP contribution in [-0.4, -0.2) is 34.1 Å². The molecule has 7 heteroatoms. The summed E-state index contributed by atoms with van der Waals surface area (Å²) in [5.41, 5.74) is 0.874. The van der Waals surface area contributed by atoms with Crippen molar-refractivity contribution in [2.75, 3.05) is 13.3 Å². The summed E-state index contributed by atoms with van der Waals surface area (Å²) in [6, 6.07) is 6.80. The van der Waals surface area contributed by atoms with Gasteiger partial charge in [0, 0.05) is 24.0 Å². The molecule has 1 N–H and O–H groups in total. The van der Waals surface area contributed by atoms with Crippen molar-refractivity contribution in [2.45, 2.75) is 18.9 Å². The van der Waals surface area contributed by atoms with E-state index in [9.17, 15) is 9.59 Å². The van der Waals surface area contributed by atoms with Crippen molar-refractivity contribution >= 4 is 5.91 Å². The minimum absolute atomic E-state index is 0.0801. The summed E-state index contributed by atoms with van der Waals surface area (Å²) in [4.78, 5) is 32.4. The molecule has 1 atom stereocenters. The van der Waals surface area contributed by atoms with Crippen molar-refractivity contribution in [3.05, 3.63) is 52.2 Å². The van der Waals surface area contributed by atoms with E-state index in [1.807, 2.05) is 0 Å². The molecule has 2 aromatic rings. The molecule has 1 fully saturated rings. The van der Waals surface area contributed by atoms with E-state index in [-0.39, 0.29) is 18.7 Å². The molecule has 118 valence electrons. The molecule has 7 nitrogen and oxygen atoms in total. The summed E-state index contributed by atoms with van der Waals surface area (Å²) in [6.07, 6.45) is 3.18. The van der Waals surface area contributed by atoms with E-state index in [4.69, 9.17) is 9.47 Å². The van der Waals surface area contributed by atoms with Crippen molar-refractivity contribution in [1.29, 1.82) is 0 Å². The summed E-state index contributed by atoms with van der Waals surface area (Å²) < 4.78 is 10.6. The first-order valence-electron chi connectivity index (χ1n) is 7.48. The minimum atomic E-state index is -0.398. The average Bonchev–Trinajstić information content (AvgIpc) is 3.22. The number of amides is 1. The highest BCUT2D eigenvalue weighted by Gasteiger charge is 2.32. The van der Waals surface area contributed by atoms with Crippen LogP contribution in [-0.2, 0) is 0 Å². The Balaban J connectivity index is 1.63. The number of benzene rings is 1. The van der Waals surface area contributed by atoms with E-state index in [0.717, 1.165) is 18.5 Å². The molecule has 1 saturated heterocycles. The molecular weight excluding hydrogens is 298 g/mol. The topological polar surface area (TPSA) is 84.5 Å². The van der Waals surface area contributed by atoms with Crippen molar-refractivity contribution in [1.82, 2.24) is 14.9 Å². The minimum Gasteiger partial charge on any atom is -0.454 e. The van der Waals surface area contributed by atoms with Gasteiger partial charge in [-0.25, -0.2) is 9.78 Å². The summed E-state index contributed by atoms with van der Waals surface area (Å²) in [7, 11) is 0. The molecule has 1 amide bonds. The number of carbonyl (C=O) groups excluding carboxylic acids is 1. The maximum atomic E-state index is 12.8. The van der Waals surface area contributed by atoms with Crippen LogP contribution >= 0.6 is 0 Å². The quantitative estimate of drug-likeness (QED) is 0.907. The standard InChI is InChI=1S/C16H15N3O4/c20-15(10-3-4-13-14(8-10)23-9-22-13)19-7-1-2-12(19)11-5-6-17-16(21)18-11/h3-6,8,12H,1-2,7,9H2,(H,17,18,21). The van der Waals surface area contributed by atoms with Crippen LogP contribution in [0.4, 0.5) is 0 Å². The molecule has 1 unspecified atom stereocenters. The lowest BCUT2D eigenvalue weighted by molar-refractivity contribution is 0.0732. The number of aromatic nitrogens is 2. The van der Waals surface area contributed by atoms with Crippen LogP contribution in [0.1, 0.15) is 34.9 Å². The largest absolute Gasteiger partial charge is 0.454 e. The molecule has 0 bridgehead atoms. The monoisotopic (exact) mass is 313 g/mol. The Kier molecular flexibility index (Phi) is 3.25. The van der Waals surface area contributed by atoms with Crippen LogP contribution in [0.25, 0.3) is 0 Å². The van der Waals surface area contributed by atoms with E-state index in [1.54, 1.807) is 29.2 Å². The molecular formula is C16H15N3O4.